The van der Waals surface area contributed by atoms with Crippen LogP contribution in [0.2, 0.25) is 0 Å². The third-order valence-electron chi connectivity index (χ3n) is 3.09. The fourth-order valence-electron chi connectivity index (χ4n) is 1.88. The van der Waals surface area contributed by atoms with Crippen LogP contribution in [-0.4, -0.2) is 40.2 Å². The minimum absolute atomic E-state index is 0.00120. The van der Waals surface area contributed by atoms with Crippen LogP contribution in [0.25, 0.3) is 0 Å². The Morgan fingerprint density at radius 3 is 2.67 bits per heavy atom. The van der Waals surface area contributed by atoms with E-state index in [9.17, 15) is 10.2 Å². The highest BCUT2D eigenvalue weighted by molar-refractivity contribution is 5.09. The molecule has 4 atom stereocenters. The molecule has 88 valence electrons. The van der Waals surface area contributed by atoms with Crippen LogP contribution in [0.15, 0.2) is 11.8 Å². The second kappa shape index (κ2) is 5.49. The van der Waals surface area contributed by atoms with Gasteiger partial charge in [0, 0.05) is 5.57 Å². The Morgan fingerprint density at radius 1 is 1.47 bits per heavy atom. The predicted octanol–water partition coefficient (Wildman–Crippen LogP) is 0.419. The van der Waals surface area contributed by atoms with E-state index in [-0.39, 0.29) is 18.6 Å². The Balaban J connectivity index is 2.81. The molecule has 4 heteroatoms. The summed E-state index contributed by atoms with van der Waals surface area (Å²) in [5.41, 5.74) is 0.337. The molecule has 0 aliphatic carbocycles. The molecule has 0 aromatic carbocycles. The first kappa shape index (κ1) is 12.5. The van der Waals surface area contributed by atoms with Crippen molar-refractivity contribution in [2.75, 3.05) is 6.61 Å². The SMILES string of the molecule is CC[C@@H]1C[C@@H](O)[C@H](O)C(CO)=COC1C. The van der Waals surface area contributed by atoms with Crippen molar-refractivity contribution in [3.63, 3.8) is 0 Å². The van der Waals surface area contributed by atoms with Crippen LogP contribution in [0.4, 0.5) is 0 Å². The summed E-state index contributed by atoms with van der Waals surface area (Å²) in [6.45, 7) is 3.67. The molecule has 0 amide bonds. The number of aliphatic hydroxyl groups excluding tert-OH is 3. The van der Waals surface area contributed by atoms with E-state index in [1.54, 1.807) is 0 Å². The van der Waals surface area contributed by atoms with E-state index >= 15 is 0 Å². The monoisotopic (exact) mass is 216 g/mol. The average molecular weight is 216 g/mol. The van der Waals surface area contributed by atoms with E-state index in [1.807, 2.05) is 13.8 Å². The molecule has 0 spiro atoms. The summed E-state index contributed by atoms with van der Waals surface area (Å²) in [7, 11) is 0. The van der Waals surface area contributed by atoms with Gasteiger partial charge in [0.15, 0.2) is 0 Å². The van der Waals surface area contributed by atoms with Crippen molar-refractivity contribution in [2.45, 2.75) is 45.0 Å². The van der Waals surface area contributed by atoms with Crippen LogP contribution >= 0.6 is 0 Å². The summed E-state index contributed by atoms with van der Waals surface area (Å²) in [5.74, 6) is 0.228. The van der Waals surface area contributed by atoms with E-state index in [4.69, 9.17) is 9.84 Å². The molecule has 0 aromatic heterocycles. The maximum Gasteiger partial charge on any atom is 0.106 e. The first-order valence-electron chi connectivity index (χ1n) is 5.41. The second-order valence-corrected chi connectivity index (χ2v) is 4.11. The van der Waals surface area contributed by atoms with Gasteiger partial charge >= 0.3 is 0 Å². The summed E-state index contributed by atoms with van der Waals surface area (Å²) in [6.07, 6.45) is 0.930. The molecule has 4 nitrogen and oxygen atoms in total. The largest absolute Gasteiger partial charge is 0.498 e. The highest BCUT2D eigenvalue weighted by Gasteiger charge is 2.29. The van der Waals surface area contributed by atoms with Crippen LogP contribution in [0.3, 0.4) is 0 Å². The summed E-state index contributed by atoms with van der Waals surface area (Å²) < 4.78 is 5.42. The quantitative estimate of drug-likeness (QED) is 0.625. The fraction of sp³-hybridized carbons (Fsp3) is 0.818. The number of rotatable bonds is 2. The summed E-state index contributed by atoms with van der Waals surface area (Å²) in [4.78, 5) is 0. The summed E-state index contributed by atoms with van der Waals surface area (Å²) >= 11 is 0. The number of ether oxygens (including phenoxy) is 1. The number of aliphatic hydroxyl groups is 3. The minimum Gasteiger partial charge on any atom is -0.498 e. The first-order valence-corrected chi connectivity index (χ1v) is 5.41. The topological polar surface area (TPSA) is 69.9 Å². The van der Waals surface area contributed by atoms with Gasteiger partial charge in [-0.15, -0.1) is 0 Å². The molecule has 1 unspecified atom stereocenters. The molecule has 0 bridgehead atoms. The zero-order chi connectivity index (χ0) is 11.4. The molecule has 0 radical (unpaired) electrons. The molecule has 1 aliphatic rings. The van der Waals surface area contributed by atoms with Gasteiger partial charge in [-0.1, -0.05) is 6.92 Å². The molecule has 1 aliphatic heterocycles. The van der Waals surface area contributed by atoms with Gasteiger partial charge in [0.05, 0.1) is 25.1 Å². The Morgan fingerprint density at radius 2 is 2.13 bits per heavy atom. The minimum atomic E-state index is -1.02. The molecule has 0 aromatic rings. The maximum absolute atomic E-state index is 9.75. The highest BCUT2D eigenvalue weighted by Crippen LogP contribution is 2.25. The van der Waals surface area contributed by atoms with E-state index in [0.29, 0.717) is 12.0 Å². The Kier molecular flexibility index (Phi) is 4.57. The Hall–Kier alpha value is -0.580. The van der Waals surface area contributed by atoms with Crippen molar-refractivity contribution >= 4 is 0 Å². The zero-order valence-electron chi connectivity index (χ0n) is 9.26. The fourth-order valence-corrected chi connectivity index (χ4v) is 1.88. The lowest BCUT2D eigenvalue weighted by molar-refractivity contribution is -0.0170. The van der Waals surface area contributed by atoms with E-state index in [2.05, 4.69) is 0 Å². The lowest BCUT2D eigenvalue weighted by Crippen LogP contribution is -2.36. The van der Waals surface area contributed by atoms with Crippen LogP contribution in [-0.2, 0) is 4.74 Å². The van der Waals surface area contributed by atoms with Crippen LogP contribution in [0.1, 0.15) is 26.7 Å². The molecular formula is C11H20O4. The maximum atomic E-state index is 9.75. The van der Waals surface area contributed by atoms with Gasteiger partial charge in [0.1, 0.15) is 6.10 Å². The first-order chi connectivity index (χ1) is 7.10. The molecule has 1 heterocycles. The standard InChI is InChI=1S/C11H20O4/c1-3-8-4-10(13)11(14)9(5-12)6-15-7(8)2/h6-8,10-14H,3-5H2,1-2H3/t7?,8-,10-,11-/m1/s1. The van der Waals surface area contributed by atoms with Crippen molar-refractivity contribution in [3.05, 3.63) is 11.8 Å². The van der Waals surface area contributed by atoms with Gasteiger partial charge in [-0.3, -0.25) is 0 Å². The van der Waals surface area contributed by atoms with Crippen LogP contribution < -0.4 is 0 Å². The van der Waals surface area contributed by atoms with E-state index in [1.165, 1.54) is 6.26 Å². The molecule has 15 heavy (non-hydrogen) atoms. The van der Waals surface area contributed by atoms with Crippen LogP contribution in [0, 0.1) is 5.92 Å². The third kappa shape index (κ3) is 2.93. The smallest absolute Gasteiger partial charge is 0.106 e. The lowest BCUT2D eigenvalue weighted by Gasteiger charge is -2.30. The molecule has 1 rings (SSSR count). The van der Waals surface area contributed by atoms with Gasteiger partial charge in [-0.05, 0) is 25.7 Å². The van der Waals surface area contributed by atoms with Crippen molar-refractivity contribution in [2.24, 2.45) is 5.92 Å². The van der Waals surface area contributed by atoms with Crippen molar-refractivity contribution in [3.8, 4) is 0 Å². The second-order valence-electron chi connectivity index (χ2n) is 4.11. The predicted molar refractivity (Wildman–Crippen MR) is 56.1 cm³/mol. The zero-order valence-corrected chi connectivity index (χ0v) is 9.26. The van der Waals surface area contributed by atoms with Gasteiger partial charge in [-0.2, -0.15) is 0 Å². The summed E-state index contributed by atoms with van der Waals surface area (Å²) in [6, 6.07) is 0. The molecule has 3 N–H and O–H groups in total. The molecule has 0 saturated carbocycles. The number of hydrogen-bond donors (Lipinski definition) is 3. The van der Waals surface area contributed by atoms with Gasteiger partial charge in [-0.25, -0.2) is 0 Å². The van der Waals surface area contributed by atoms with Crippen molar-refractivity contribution in [1.82, 2.24) is 0 Å². The highest BCUT2D eigenvalue weighted by atomic mass is 16.5. The Bertz CT molecular complexity index is 227. The van der Waals surface area contributed by atoms with Gasteiger partial charge < -0.3 is 20.1 Å². The Labute approximate surface area is 90.2 Å². The van der Waals surface area contributed by atoms with E-state index in [0.717, 1.165) is 6.42 Å². The third-order valence-corrected chi connectivity index (χ3v) is 3.09. The van der Waals surface area contributed by atoms with Crippen molar-refractivity contribution < 1.29 is 20.1 Å². The van der Waals surface area contributed by atoms with Gasteiger partial charge in [0.25, 0.3) is 0 Å². The normalized spacial score (nSPS) is 37.5. The molecule has 0 saturated heterocycles. The molecule has 0 fully saturated rings. The lowest BCUT2D eigenvalue weighted by atomic mass is 9.89. The van der Waals surface area contributed by atoms with Gasteiger partial charge in [0.2, 0.25) is 0 Å². The molecular weight excluding hydrogens is 196 g/mol. The average Bonchev–Trinajstić information content (AvgIpc) is 2.24. The van der Waals surface area contributed by atoms with E-state index < -0.39 is 12.2 Å². The van der Waals surface area contributed by atoms with Crippen molar-refractivity contribution in [1.29, 1.82) is 0 Å². The van der Waals surface area contributed by atoms with Crippen LogP contribution in [0.5, 0.6) is 0 Å². The summed E-state index contributed by atoms with van der Waals surface area (Å²) in [5, 5.41) is 28.4. The number of hydrogen-bond acceptors (Lipinski definition) is 4.